The maximum Gasteiger partial charge on any atom is 0.589 e. The molecule has 3 unspecified atom stereocenters. The van der Waals surface area contributed by atoms with Crippen molar-refractivity contribution in [2.45, 2.75) is 46.8 Å². The Kier molecular flexibility index (Phi) is 8.36. The summed E-state index contributed by atoms with van der Waals surface area (Å²) >= 11 is 0. The Bertz CT molecular complexity index is 717. The van der Waals surface area contributed by atoms with Crippen LogP contribution in [0.15, 0.2) is 54.6 Å². The molecule has 0 aliphatic heterocycles. The lowest BCUT2D eigenvalue weighted by atomic mass is 10.1. The first-order valence-electron chi connectivity index (χ1n) is 9.31. The molecular weight excluding hydrogens is 363 g/mol. The summed E-state index contributed by atoms with van der Waals surface area (Å²) in [5.74, 6) is 1.21. The maximum atomic E-state index is 13.3. The standard InChI is InChI=1S/C21H29O5P/c1-5-9-18(3)16-23-19(4)24-27(22,25-20-10-7-6-8-11-20)26-21-14-12-17(2)13-15-21/h6-8,10-15,18-19H,5,9,16H2,1-4H3. The monoisotopic (exact) mass is 392 g/mol. The molecule has 27 heavy (non-hydrogen) atoms. The van der Waals surface area contributed by atoms with Crippen LogP contribution in [0.25, 0.3) is 0 Å². The van der Waals surface area contributed by atoms with Gasteiger partial charge in [0, 0.05) is 0 Å². The number of rotatable bonds is 11. The van der Waals surface area contributed by atoms with Crippen LogP contribution in [0.2, 0.25) is 0 Å². The van der Waals surface area contributed by atoms with Crippen LogP contribution in [-0.2, 0) is 13.8 Å². The molecule has 0 spiro atoms. The second-order valence-corrected chi connectivity index (χ2v) is 8.13. The third-order valence-corrected chi connectivity index (χ3v) is 5.30. The number of hydrogen-bond donors (Lipinski definition) is 0. The summed E-state index contributed by atoms with van der Waals surface area (Å²) in [6.07, 6.45) is 1.42. The molecule has 0 heterocycles. The van der Waals surface area contributed by atoms with Gasteiger partial charge < -0.3 is 13.8 Å². The van der Waals surface area contributed by atoms with E-state index in [0.717, 1.165) is 18.4 Å². The predicted octanol–water partition coefficient (Wildman–Crippen LogP) is 6.38. The van der Waals surface area contributed by atoms with Gasteiger partial charge >= 0.3 is 7.82 Å². The lowest BCUT2D eigenvalue weighted by Crippen LogP contribution is -2.19. The van der Waals surface area contributed by atoms with Gasteiger partial charge in [0.1, 0.15) is 11.5 Å². The number of benzene rings is 2. The largest absolute Gasteiger partial charge is 0.589 e. The third-order valence-electron chi connectivity index (χ3n) is 3.87. The first-order valence-corrected chi connectivity index (χ1v) is 10.8. The van der Waals surface area contributed by atoms with Gasteiger partial charge in [-0.1, -0.05) is 56.2 Å². The van der Waals surface area contributed by atoms with Crippen LogP contribution in [0.4, 0.5) is 0 Å². The fraction of sp³-hybridized carbons (Fsp3) is 0.429. The lowest BCUT2D eigenvalue weighted by Gasteiger charge is -2.23. The summed E-state index contributed by atoms with van der Waals surface area (Å²) in [6, 6.07) is 16.0. The zero-order valence-electron chi connectivity index (χ0n) is 16.5. The summed E-state index contributed by atoms with van der Waals surface area (Å²) in [6.45, 7) is 8.42. The minimum Gasteiger partial charge on any atom is -0.395 e. The van der Waals surface area contributed by atoms with Gasteiger partial charge in [0.2, 0.25) is 0 Å². The Morgan fingerprint density at radius 2 is 1.52 bits per heavy atom. The highest BCUT2D eigenvalue weighted by molar-refractivity contribution is 7.49. The van der Waals surface area contributed by atoms with E-state index in [1.807, 2.05) is 25.1 Å². The second-order valence-electron chi connectivity index (χ2n) is 6.66. The van der Waals surface area contributed by atoms with Crippen molar-refractivity contribution in [2.75, 3.05) is 6.61 Å². The van der Waals surface area contributed by atoms with Crippen LogP contribution >= 0.6 is 7.82 Å². The topological polar surface area (TPSA) is 54.0 Å². The lowest BCUT2D eigenvalue weighted by molar-refractivity contribution is -0.0874. The van der Waals surface area contributed by atoms with Crippen LogP contribution in [0.3, 0.4) is 0 Å². The summed E-state index contributed by atoms with van der Waals surface area (Å²) in [5.41, 5.74) is 1.07. The fourth-order valence-corrected chi connectivity index (χ4v) is 3.80. The normalized spacial score (nSPS) is 15.6. The van der Waals surface area contributed by atoms with Gasteiger partial charge in [-0.15, -0.1) is 0 Å². The highest BCUT2D eigenvalue weighted by Gasteiger charge is 2.34. The number of para-hydroxylation sites is 1. The molecule has 148 valence electrons. The Hall–Kier alpha value is -1.81. The van der Waals surface area contributed by atoms with E-state index in [1.165, 1.54) is 0 Å². The van der Waals surface area contributed by atoms with E-state index >= 15 is 0 Å². The van der Waals surface area contributed by atoms with Gasteiger partial charge in [0.05, 0.1) is 6.61 Å². The van der Waals surface area contributed by atoms with E-state index in [-0.39, 0.29) is 0 Å². The summed E-state index contributed by atoms with van der Waals surface area (Å²) in [5, 5.41) is 0. The molecule has 0 radical (unpaired) electrons. The fourth-order valence-electron chi connectivity index (χ4n) is 2.49. The molecule has 5 nitrogen and oxygen atoms in total. The average Bonchev–Trinajstić information content (AvgIpc) is 2.63. The van der Waals surface area contributed by atoms with E-state index in [0.29, 0.717) is 24.0 Å². The van der Waals surface area contributed by atoms with Crippen molar-refractivity contribution >= 4 is 7.82 Å². The molecule has 3 atom stereocenters. The first kappa shape index (κ1) is 21.5. The molecule has 0 saturated carbocycles. The van der Waals surface area contributed by atoms with Gasteiger partial charge in [-0.3, -0.25) is 0 Å². The molecule has 0 bridgehead atoms. The number of hydrogen-bond acceptors (Lipinski definition) is 5. The molecule has 0 saturated heterocycles. The summed E-state index contributed by atoms with van der Waals surface area (Å²) in [7, 11) is -3.93. The van der Waals surface area contributed by atoms with Crippen molar-refractivity contribution in [3.8, 4) is 11.5 Å². The number of phosphoric acid groups is 1. The molecule has 0 N–H and O–H groups in total. The van der Waals surface area contributed by atoms with Crippen molar-refractivity contribution < 1.29 is 22.9 Å². The SMILES string of the molecule is CCCC(C)COC(C)OP(=O)(Oc1ccccc1)Oc1ccc(C)cc1. The Balaban J connectivity index is 2.08. The van der Waals surface area contributed by atoms with Crippen molar-refractivity contribution in [1.29, 1.82) is 0 Å². The summed E-state index contributed by atoms with van der Waals surface area (Å²) < 4.78 is 35.8. The van der Waals surface area contributed by atoms with Crippen LogP contribution in [0, 0.1) is 12.8 Å². The predicted molar refractivity (Wildman–Crippen MR) is 107 cm³/mol. The molecule has 0 aromatic heterocycles. The van der Waals surface area contributed by atoms with Gasteiger partial charge in [-0.05, 0) is 50.5 Å². The van der Waals surface area contributed by atoms with Gasteiger partial charge in [0.25, 0.3) is 0 Å². The van der Waals surface area contributed by atoms with Gasteiger partial charge in [-0.25, -0.2) is 9.09 Å². The Labute approximate surface area is 162 Å². The van der Waals surface area contributed by atoms with Crippen molar-refractivity contribution in [3.05, 3.63) is 60.2 Å². The zero-order valence-corrected chi connectivity index (χ0v) is 17.4. The van der Waals surface area contributed by atoms with E-state index in [4.69, 9.17) is 18.3 Å². The highest BCUT2D eigenvalue weighted by atomic mass is 31.2. The molecule has 0 aliphatic rings. The summed E-state index contributed by atoms with van der Waals surface area (Å²) in [4.78, 5) is 0. The molecule has 6 heteroatoms. The smallest absolute Gasteiger partial charge is 0.395 e. The third kappa shape index (κ3) is 7.76. The van der Waals surface area contributed by atoms with Crippen molar-refractivity contribution in [3.63, 3.8) is 0 Å². The van der Waals surface area contributed by atoms with Crippen LogP contribution in [-0.4, -0.2) is 12.9 Å². The van der Waals surface area contributed by atoms with E-state index in [2.05, 4.69) is 13.8 Å². The average molecular weight is 392 g/mol. The number of ether oxygens (including phenoxy) is 1. The number of aryl methyl sites for hydroxylation is 1. The second kappa shape index (κ2) is 10.5. The molecule has 0 fully saturated rings. The van der Waals surface area contributed by atoms with Gasteiger partial charge in [0.15, 0.2) is 6.29 Å². The van der Waals surface area contributed by atoms with Crippen molar-refractivity contribution in [2.24, 2.45) is 5.92 Å². The molecule has 0 amide bonds. The molecule has 2 rings (SSSR count). The van der Waals surface area contributed by atoms with Gasteiger partial charge in [-0.2, -0.15) is 0 Å². The van der Waals surface area contributed by atoms with E-state index in [9.17, 15) is 4.57 Å². The zero-order chi connectivity index (χ0) is 19.7. The molecular formula is C21H29O5P. The maximum absolute atomic E-state index is 13.3. The highest BCUT2D eigenvalue weighted by Crippen LogP contribution is 2.50. The van der Waals surface area contributed by atoms with Crippen molar-refractivity contribution in [1.82, 2.24) is 0 Å². The van der Waals surface area contributed by atoms with Crippen LogP contribution in [0.1, 0.15) is 39.2 Å². The minimum atomic E-state index is -3.93. The molecule has 2 aromatic rings. The van der Waals surface area contributed by atoms with Crippen LogP contribution < -0.4 is 9.05 Å². The number of phosphoric ester groups is 1. The quantitative estimate of drug-likeness (QED) is 0.328. The first-order chi connectivity index (χ1) is 12.9. The minimum absolute atomic E-state index is 0.397. The Morgan fingerprint density at radius 3 is 2.11 bits per heavy atom. The molecule has 2 aromatic carbocycles. The molecule has 0 aliphatic carbocycles. The Morgan fingerprint density at radius 1 is 0.926 bits per heavy atom. The van der Waals surface area contributed by atoms with E-state index < -0.39 is 14.1 Å². The van der Waals surface area contributed by atoms with E-state index in [1.54, 1.807) is 43.3 Å². The van der Waals surface area contributed by atoms with Crippen LogP contribution in [0.5, 0.6) is 11.5 Å².